The summed E-state index contributed by atoms with van der Waals surface area (Å²) in [5.74, 6) is 6.54. The van der Waals surface area contributed by atoms with Gasteiger partial charge in [0, 0.05) is 24.5 Å². The maximum absolute atomic E-state index is 12.7. The van der Waals surface area contributed by atoms with Crippen molar-refractivity contribution in [1.82, 2.24) is 19.2 Å². The van der Waals surface area contributed by atoms with Crippen LogP contribution in [0.4, 0.5) is 4.39 Å². The van der Waals surface area contributed by atoms with E-state index in [0.717, 1.165) is 9.75 Å². The molecule has 0 amide bonds. The SMILES string of the molecule is Cl.NC/C(=C\F)Cn1ncn(Cc2ccc(C#CCN3CCS(=O)(=O)CC3)s2)c1=O. The van der Waals surface area contributed by atoms with E-state index in [2.05, 4.69) is 16.9 Å². The van der Waals surface area contributed by atoms with Crippen molar-refractivity contribution in [2.45, 2.75) is 13.1 Å². The summed E-state index contributed by atoms with van der Waals surface area (Å²) in [6, 6.07) is 3.79. The molecule has 2 aromatic rings. The van der Waals surface area contributed by atoms with Gasteiger partial charge in [-0.1, -0.05) is 11.8 Å². The molecule has 0 unspecified atom stereocenters. The average Bonchev–Trinajstić information content (AvgIpc) is 3.29. The molecule has 0 aliphatic carbocycles. The predicted molar refractivity (Wildman–Crippen MR) is 117 cm³/mol. The van der Waals surface area contributed by atoms with E-state index < -0.39 is 9.84 Å². The summed E-state index contributed by atoms with van der Waals surface area (Å²) in [7, 11) is -2.88. The Kier molecular flexibility index (Phi) is 8.81. The van der Waals surface area contributed by atoms with E-state index in [-0.39, 0.29) is 48.3 Å². The zero-order valence-corrected chi connectivity index (χ0v) is 18.6. The van der Waals surface area contributed by atoms with Crippen molar-refractivity contribution in [2.24, 2.45) is 5.73 Å². The lowest BCUT2D eigenvalue weighted by Crippen LogP contribution is -2.40. The number of hydrogen-bond acceptors (Lipinski definition) is 7. The monoisotopic (exact) mass is 475 g/mol. The van der Waals surface area contributed by atoms with Crippen molar-refractivity contribution >= 4 is 33.6 Å². The molecule has 3 rings (SSSR count). The van der Waals surface area contributed by atoms with Crippen LogP contribution in [0.2, 0.25) is 0 Å². The Bertz CT molecular complexity index is 1100. The van der Waals surface area contributed by atoms with E-state index >= 15 is 0 Å². The van der Waals surface area contributed by atoms with Crippen LogP contribution < -0.4 is 11.4 Å². The van der Waals surface area contributed by atoms with Crippen LogP contribution in [0.5, 0.6) is 0 Å². The lowest BCUT2D eigenvalue weighted by molar-refractivity contribution is 0.332. The standard InChI is InChI=1S/C18H22FN5O3S2.ClH/c19-10-15(11-20)12-24-18(25)23(14-21-24)13-17-4-3-16(28-17)2-1-5-22-6-8-29(26,27)9-7-22;/h3-4,10,14H,5-9,11-13,20H2;1H/b15-10+;. The molecule has 12 heteroatoms. The molecule has 164 valence electrons. The second kappa shape index (κ2) is 10.9. The third-order valence-corrected chi connectivity index (χ3v) is 7.10. The minimum atomic E-state index is -2.88. The fraction of sp³-hybridized carbons (Fsp3) is 0.444. The van der Waals surface area contributed by atoms with Crippen LogP contribution in [0.1, 0.15) is 9.75 Å². The van der Waals surface area contributed by atoms with Crippen LogP contribution in [0.3, 0.4) is 0 Å². The quantitative estimate of drug-likeness (QED) is 0.609. The first-order chi connectivity index (χ1) is 13.9. The van der Waals surface area contributed by atoms with Gasteiger partial charge in [-0.3, -0.25) is 9.47 Å². The molecule has 0 atom stereocenters. The molecule has 2 aromatic heterocycles. The zero-order valence-electron chi connectivity index (χ0n) is 16.2. The number of nitrogens with two attached hydrogens (primary N) is 1. The van der Waals surface area contributed by atoms with E-state index in [1.54, 1.807) is 0 Å². The first kappa shape index (κ1) is 24.3. The first-order valence-corrected chi connectivity index (χ1v) is 11.6. The van der Waals surface area contributed by atoms with Crippen LogP contribution in [0, 0.1) is 11.8 Å². The molecular formula is C18H23ClFN5O3S2. The highest BCUT2D eigenvalue weighted by Crippen LogP contribution is 2.16. The highest BCUT2D eigenvalue weighted by Gasteiger charge is 2.20. The number of hydrogen-bond donors (Lipinski definition) is 1. The Morgan fingerprint density at radius 3 is 2.73 bits per heavy atom. The van der Waals surface area contributed by atoms with Gasteiger partial charge >= 0.3 is 5.69 Å². The molecule has 0 spiro atoms. The molecule has 1 aliphatic rings. The molecule has 0 bridgehead atoms. The van der Waals surface area contributed by atoms with Crippen LogP contribution in [-0.2, 0) is 22.9 Å². The van der Waals surface area contributed by atoms with Crippen molar-refractivity contribution in [2.75, 3.05) is 37.7 Å². The topological polar surface area (TPSA) is 103 Å². The molecule has 30 heavy (non-hydrogen) atoms. The van der Waals surface area contributed by atoms with Crippen molar-refractivity contribution in [1.29, 1.82) is 0 Å². The number of sulfone groups is 1. The summed E-state index contributed by atoms with van der Waals surface area (Å²) >= 11 is 1.48. The van der Waals surface area contributed by atoms with Crippen molar-refractivity contribution in [3.05, 3.63) is 50.6 Å². The molecule has 3 heterocycles. The minimum absolute atomic E-state index is 0. The van der Waals surface area contributed by atoms with Gasteiger partial charge < -0.3 is 5.73 Å². The molecule has 1 aliphatic heterocycles. The van der Waals surface area contributed by atoms with E-state index in [0.29, 0.717) is 32.5 Å². The van der Waals surface area contributed by atoms with Gasteiger partial charge in [-0.05, 0) is 17.7 Å². The summed E-state index contributed by atoms with van der Waals surface area (Å²) in [6.07, 6.45) is 1.82. The Morgan fingerprint density at radius 1 is 1.33 bits per heavy atom. The highest BCUT2D eigenvalue weighted by molar-refractivity contribution is 7.91. The third-order valence-electron chi connectivity index (χ3n) is 4.51. The minimum Gasteiger partial charge on any atom is -0.327 e. The summed E-state index contributed by atoms with van der Waals surface area (Å²) in [5.41, 5.74) is 5.37. The predicted octanol–water partition coefficient (Wildman–Crippen LogP) is 0.470. The number of nitrogens with zero attached hydrogens (tertiary/aromatic N) is 4. The lowest BCUT2D eigenvalue weighted by atomic mass is 10.3. The highest BCUT2D eigenvalue weighted by atomic mass is 35.5. The Hall–Kier alpha value is -1.97. The van der Waals surface area contributed by atoms with Crippen LogP contribution >= 0.6 is 23.7 Å². The van der Waals surface area contributed by atoms with Gasteiger partial charge in [0.25, 0.3) is 0 Å². The van der Waals surface area contributed by atoms with E-state index in [9.17, 15) is 17.6 Å². The first-order valence-electron chi connectivity index (χ1n) is 9.01. The van der Waals surface area contributed by atoms with Crippen molar-refractivity contribution in [3.8, 4) is 11.8 Å². The lowest BCUT2D eigenvalue weighted by Gasteiger charge is -2.24. The second-order valence-electron chi connectivity index (χ2n) is 6.67. The molecule has 8 nitrogen and oxygen atoms in total. The van der Waals surface area contributed by atoms with E-state index in [4.69, 9.17) is 5.73 Å². The normalized spacial score (nSPS) is 16.5. The second-order valence-corrected chi connectivity index (χ2v) is 10.1. The number of halogens is 2. The maximum atomic E-state index is 12.7. The van der Waals surface area contributed by atoms with Gasteiger partial charge in [-0.25, -0.2) is 22.3 Å². The van der Waals surface area contributed by atoms with Crippen molar-refractivity contribution in [3.63, 3.8) is 0 Å². The molecule has 0 saturated carbocycles. The van der Waals surface area contributed by atoms with E-state index in [1.165, 1.54) is 26.9 Å². The Balaban J connectivity index is 0.00000320. The molecule has 1 saturated heterocycles. The average molecular weight is 476 g/mol. The maximum Gasteiger partial charge on any atom is 0.346 e. The zero-order chi connectivity index (χ0) is 20.9. The summed E-state index contributed by atoms with van der Waals surface area (Å²) in [5, 5.41) is 4.00. The van der Waals surface area contributed by atoms with Gasteiger partial charge in [0.1, 0.15) is 6.33 Å². The fourth-order valence-electron chi connectivity index (χ4n) is 2.77. The molecule has 2 N–H and O–H groups in total. The van der Waals surface area contributed by atoms with Gasteiger partial charge in [0.15, 0.2) is 9.84 Å². The van der Waals surface area contributed by atoms with Crippen LogP contribution in [0.25, 0.3) is 0 Å². The fourth-order valence-corrected chi connectivity index (χ4v) is 4.93. The molecule has 1 fully saturated rings. The van der Waals surface area contributed by atoms with Gasteiger partial charge in [-0.15, -0.1) is 23.7 Å². The van der Waals surface area contributed by atoms with Crippen LogP contribution in [-0.4, -0.2) is 65.4 Å². The van der Waals surface area contributed by atoms with Gasteiger partial charge in [0.2, 0.25) is 0 Å². The summed E-state index contributed by atoms with van der Waals surface area (Å²) in [6.45, 7) is 1.97. The summed E-state index contributed by atoms with van der Waals surface area (Å²) in [4.78, 5) is 16.2. The number of aromatic nitrogens is 3. The third kappa shape index (κ3) is 6.52. The number of rotatable bonds is 6. The van der Waals surface area contributed by atoms with E-state index in [1.807, 2.05) is 17.0 Å². The van der Waals surface area contributed by atoms with Gasteiger partial charge in [-0.2, -0.15) is 5.10 Å². The smallest absolute Gasteiger partial charge is 0.327 e. The Labute approximate surface area is 184 Å². The summed E-state index contributed by atoms with van der Waals surface area (Å²) < 4.78 is 38.1. The Morgan fingerprint density at radius 2 is 2.07 bits per heavy atom. The molecule has 0 aromatic carbocycles. The largest absolute Gasteiger partial charge is 0.346 e. The van der Waals surface area contributed by atoms with Crippen molar-refractivity contribution < 1.29 is 12.8 Å². The van der Waals surface area contributed by atoms with Gasteiger partial charge in [0.05, 0.1) is 42.3 Å². The number of thiophene rings is 1. The molecular weight excluding hydrogens is 453 g/mol. The van der Waals surface area contributed by atoms with Crippen LogP contribution in [0.15, 0.2) is 35.2 Å². The molecule has 0 radical (unpaired) electrons.